The zero-order chi connectivity index (χ0) is 17.0. The summed E-state index contributed by atoms with van der Waals surface area (Å²) in [4.78, 5) is 24.5. The number of rotatable bonds is 5. The van der Waals surface area contributed by atoms with Crippen LogP contribution >= 0.6 is 11.6 Å². The molecule has 0 aromatic heterocycles. The molecular weight excluding hydrogens is 322 g/mol. The van der Waals surface area contributed by atoms with Crippen LogP contribution in [0.15, 0.2) is 18.2 Å². The summed E-state index contributed by atoms with van der Waals surface area (Å²) in [5.41, 5.74) is -0.200. The number of hydrogen-bond acceptors (Lipinski definition) is 5. The largest absolute Gasteiger partial charge is 0.486 e. The highest BCUT2D eigenvalue weighted by Gasteiger charge is 2.27. The molecule has 1 fully saturated rings. The lowest BCUT2D eigenvalue weighted by molar-refractivity contribution is -0.385. The van der Waals surface area contributed by atoms with Gasteiger partial charge in [-0.15, -0.1) is 0 Å². The van der Waals surface area contributed by atoms with E-state index in [0.29, 0.717) is 6.54 Å². The van der Waals surface area contributed by atoms with E-state index in [1.54, 1.807) is 0 Å². The molecule has 1 aliphatic heterocycles. The third-order valence-corrected chi connectivity index (χ3v) is 4.28. The van der Waals surface area contributed by atoms with Gasteiger partial charge in [-0.05, 0) is 26.0 Å². The molecule has 1 amide bonds. The molecule has 7 nitrogen and oxygen atoms in total. The Balaban J connectivity index is 1.92. The Morgan fingerprint density at radius 3 is 2.96 bits per heavy atom. The Morgan fingerprint density at radius 1 is 1.52 bits per heavy atom. The topological polar surface area (TPSA) is 84.7 Å². The number of amides is 1. The lowest BCUT2D eigenvalue weighted by atomic mass is 10.1. The minimum absolute atomic E-state index is 0.0116. The van der Waals surface area contributed by atoms with E-state index in [1.165, 1.54) is 18.2 Å². The summed E-state index contributed by atoms with van der Waals surface area (Å²) in [6, 6.07) is 4.55. The molecular formula is C15H20ClN3O4. The van der Waals surface area contributed by atoms with Crippen molar-refractivity contribution in [1.82, 2.24) is 10.2 Å². The predicted molar refractivity (Wildman–Crippen MR) is 86.9 cm³/mol. The Hall–Kier alpha value is -1.86. The van der Waals surface area contributed by atoms with Crippen molar-refractivity contribution in [2.24, 2.45) is 0 Å². The zero-order valence-corrected chi connectivity index (χ0v) is 13.9. The summed E-state index contributed by atoms with van der Waals surface area (Å²) in [6.07, 6.45) is 0.177. The number of halogens is 1. The molecule has 1 N–H and O–H groups in total. The van der Waals surface area contributed by atoms with Crippen molar-refractivity contribution in [3.8, 4) is 5.75 Å². The molecule has 0 aliphatic carbocycles. The number of nitro benzene ring substituents is 1. The first-order valence-electron chi connectivity index (χ1n) is 7.49. The van der Waals surface area contributed by atoms with Gasteiger partial charge in [-0.3, -0.25) is 14.9 Å². The fourth-order valence-corrected chi connectivity index (χ4v) is 2.72. The molecule has 1 aliphatic rings. The van der Waals surface area contributed by atoms with Gasteiger partial charge in [-0.2, -0.15) is 0 Å². The second kappa shape index (κ2) is 7.61. The van der Waals surface area contributed by atoms with Gasteiger partial charge in [0.25, 0.3) is 0 Å². The summed E-state index contributed by atoms with van der Waals surface area (Å²) in [5, 5.41) is 14.6. The van der Waals surface area contributed by atoms with Gasteiger partial charge in [-0.25, -0.2) is 0 Å². The molecule has 2 atom stereocenters. The van der Waals surface area contributed by atoms with Crippen molar-refractivity contribution < 1.29 is 14.5 Å². The van der Waals surface area contributed by atoms with Gasteiger partial charge < -0.3 is 15.0 Å². The highest BCUT2D eigenvalue weighted by molar-refractivity contribution is 6.30. The highest BCUT2D eigenvalue weighted by Crippen LogP contribution is 2.30. The average Bonchev–Trinajstić information content (AvgIpc) is 2.51. The number of carbonyl (C=O) groups excluding carboxylic acids is 1. The molecule has 126 valence electrons. The van der Waals surface area contributed by atoms with Crippen LogP contribution in [0.25, 0.3) is 0 Å². The van der Waals surface area contributed by atoms with Crippen LogP contribution in [0.2, 0.25) is 5.02 Å². The Labute approximate surface area is 139 Å². The SMILES string of the molecule is CC1NCCN(C(=O)CCOc2ccc(Cl)cc2[N+](=O)[O-])C1C. The summed E-state index contributed by atoms with van der Waals surface area (Å²) >= 11 is 5.75. The van der Waals surface area contributed by atoms with Crippen LogP contribution in [0.1, 0.15) is 20.3 Å². The summed E-state index contributed by atoms with van der Waals surface area (Å²) in [6.45, 7) is 5.55. The van der Waals surface area contributed by atoms with E-state index in [-0.39, 0.29) is 47.5 Å². The number of piperazine rings is 1. The summed E-state index contributed by atoms with van der Waals surface area (Å²) < 4.78 is 5.41. The number of hydrogen-bond donors (Lipinski definition) is 1. The first kappa shape index (κ1) is 17.5. The molecule has 0 saturated carbocycles. The van der Waals surface area contributed by atoms with Crippen molar-refractivity contribution in [2.45, 2.75) is 32.4 Å². The second-order valence-electron chi connectivity index (χ2n) is 5.54. The van der Waals surface area contributed by atoms with Crippen molar-refractivity contribution >= 4 is 23.2 Å². The molecule has 1 heterocycles. The minimum atomic E-state index is -0.552. The fraction of sp³-hybridized carbons (Fsp3) is 0.533. The molecule has 0 spiro atoms. The van der Waals surface area contributed by atoms with Crippen molar-refractivity contribution in [3.05, 3.63) is 33.3 Å². The van der Waals surface area contributed by atoms with E-state index in [0.717, 1.165) is 6.54 Å². The van der Waals surface area contributed by atoms with E-state index < -0.39 is 4.92 Å². The third-order valence-electron chi connectivity index (χ3n) is 4.05. The van der Waals surface area contributed by atoms with Crippen LogP contribution < -0.4 is 10.1 Å². The molecule has 2 rings (SSSR count). The second-order valence-corrected chi connectivity index (χ2v) is 5.97. The predicted octanol–water partition coefficient (Wildman–Crippen LogP) is 2.23. The summed E-state index contributed by atoms with van der Waals surface area (Å²) in [5.74, 6) is 0.108. The molecule has 1 saturated heterocycles. The molecule has 0 radical (unpaired) electrons. The van der Waals surface area contributed by atoms with E-state index >= 15 is 0 Å². The van der Waals surface area contributed by atoms with Crippen LogP contribution in [0.5, 0.6) is 5.75 Å². The zero-order valence-electron chi connectivity index (χ0n) is 13.1. The van der Waals surface area contributed by atoms with Gasteiger partial charge >= 0.3 is 5.69 Å². The average molecular weight is 342 g/mol. The third kappa shape index (κ3) is 4.33. The molecule has 8 heteroatoms. The van der Waals surface area contributed by atoms with Crippen molar-refractivity contribution in [3.63, 3.8) is 0 Å². The van der Waals surface area contributed by atoms with Gasteiger partial charge in [-0.1, -0.05) is 11.6 Å². The smallest absolute Gasteiger partial charge is 0.312 e. The first-order chi connectivity index (χ1) is 10.9. The molecule has 1 aromatic carbocycles. The first-order valence-corrected chi connectivity index (χ1v) is 7.87. The molecule has 0 bridgehead atoms. The molecule has 1 aromatic rings. The van der Waals surface area contributed by atoms with Gasteiger partial charge in [0, 0.05) is 36.3 Å². The lowest BCUT2D eigenvalue weighted by Crippen LogP contribution is -2.57. The molecule has 2 unspecified atom stereocenters. The van der Waals surface area contributed by atoms with Gasteiger partial charge in [0.1, 0.15) is 0 Å². The number of nitro groups is 1. The number of benzene rings is 1. The number of nitrogens with one attached hydrogen (secondary N) is 1. The Kier molecular flexibility index (Phi) is 5.79. The Morgan fingerprint density at radius 2 is 2.26 bits per heavy atom. The highest BCUT2D eigenvalue weighted by atomic mass is 35.5. The lowest BCUT2D eigenvalue weighted by Gasteiger charge is -2.38. The standard InChI is InChI=1S/C15H20ClN3O4/c1-10-11(2)18(7-6-17-10)15(20)5-8-23-14-4-3-12(16)9-13(14)19(21)22/h3-4,9-11,17H,5-8H2,1-2H3. The quantitative estimate of drug-likeness (QED) is 0.655. The van der Waals surface area contributed by atoms with Crippen LogP contribution in [0.3, 0.4) is 0 Å². The normalized spacial score (nSPS) is 21.1. The number of nitrogens with zero attached hydrogens (tertiary/aromatic N) is 2. The van der Waals surface area contributed by atoms with Crippen LogP contribution in [-0.2, 0) is 4.79 Å². The number of ether oxygens (including phenoxy) is 1. The molecule has 23 heavy (non-hydrogen) atoms. The van der Waals surface area contributed by atoms with Crippen LogP contribution in [-0.4, -0.2) is 47.5 Å². The summed E-state index contributed by atoms with van der Waals surface area (Å²) in [7, 11) is 0. The van der Waals surface area contributed by atoms with E-state index in [1.807, 2.05) is 18.7 Å². The van der Waals surface area contributed by atoms with Gasteiger partial charge in [0.15, 0.2) is 5.75 Å². The van der Waals surface area contributed by atoms with Crippen LogP contribution in [0.4, 0.5) is 5.69 Å². The van der Waals surface area contributed by atoms with E-state index in [2.05, 4.69) is 5.32 Å². The van der Waals surface area contributed by atoms with E-state index in [4.69, 9.17) is 16.3 Å². The monoisotopic (exact) mass is 341 g/mol. The van der Waals surface area contributed by atoms with E-state index in [9.17, 15) is 14.9 Å². The Bertz CT molecular complexity index is 596. The number of carbonyl (C=O) groups is 1. The maximum absolute atomic E-state index is 12.3. The minimum Gasteiger partial charge on any atom is -0.486 e. The van der Waals surface area contributed by atoms with Crippen LogP contribution in [0, 0.1) is 10.1 Å². The fourth-order valence-electron chi connectivity index (χ4n) is 2.56. The maximum atomic E-state index is 12.3. The van der Waals surface area contributed by atoms with Crippen molar-refractivity contribution in [1.29, 1.82) is 0 Å². The van der Waals surface area contributed by atoms with Gasteiger partial charge in [0.05, 0.1) is 18.0 Å². The van der Waals surface area contributed by atoms with Gasteiger partial charge in [0.2, 0.25) is 5.91 Å². The maximum Gasteiger partial charge on any atom is 0.312 e. The van der Waals surface area contributed by atoms with Crippen molar-refractivity contribution in [2.75, 3.05) is 19.7 Å².